The maximum atomic E-state index is 12.3. The number of hydrogen-bond acceptors (Lipinski definition) is 9. The molecule has 1 N–H and O–H groups in total. The van der Waals surface area contributed by atoms with Crippen LogP contribution in [0.5, 0.6) is 0 Å². The third-order valence-electron chi connectivity index (χ3n) is 4.59. The zero-order valence-corrected chi connectivity index (χ0v) is 17.6. The summed E-state index contributed by atoms with van der Waals surface area (Å²) in [5.41, 5.74) is 1.60. The van der Waals surface area contributed by atoms with Crippen molar-refractivity contribution >= 4 is 11.9 Å². The molecule has 0 spiro atoms. The van der Waals surface area contributed by atoms with E-state index in [1.807, 2.05) is 6.92 Å². The van der Waals surface area contributed by atoms with Crippen molar-refractivity contribution in [1.82, 2.24) is 5.32 Å². The zero-order valence-electron chi connectivity index (χ0n) is 17.6. The number of carbonyl (C=O) groups is 2. The third-order valence-corrected chi connectivity index (χ3v) is 4.59. The number of dihydropyridines is 1. The average molecular weight is 414 g/mol. The summed E-state index contributed by atoms with van der Waals surface area (Å²) >= 11 is 0. The van der Waals surface area contributed by atoms with Gasteiger partial charge in [-0.3, -0.25) is 0 Å². The molecule has 10 nitrogen and oxygen atoms in total. The Bertz CT molecular complexity index is 633. The summed E-state index contributed by atoms with van der Waals surface area (Å²) < 4.78 is 15.8. The Kier molecular flexibility index (Phi) is 10.1. The second-order valence-electron chi connectivity index (χ2n) is 6.77. The van der Waals surface area contributed by atoms with Crippen LogP contribution in [0.15, 0.2) is 22.5 Å². The number of unbranched alkanes of at least 4 members (excludes halogenated alkanes) is 3. The molecule has 29 heavy (non-hydrogen) atoms. The van der Waals surface area contributed by atoms with Gasteiger partial charge in [-0.2, -0.15) is 0 Å². The lowest BCUT2D eigenvalue weighted by atomic mass is 9.94. The number of methoxy groups -OCH3 is 2. The highest BCUT2D eigenvalue weighted by atomic mass is 16.9. The molecule has 0 saturated carbocycles. The first-order chi connectivity index (χ1) is 13.7. The Morgan fingerprint density at radius 2 is 1.55 bits per heavy atom. The maximum absolute atomic E-state index is 12.3. The second kappa shape index (κ2) is 12.1. The lowest BCUT2D eigenvalue weighted by molar-refractivity contribution is -0.757. The first-order valence-corrected chi connectivity index (χ1v) is 9.50. The molecule has 0 aromatic heterocycles. The standard InChI is InChI=1S/C19H30N2O8/c1-12(10-8-6-7-9-11-28-21(24)25)29-17-15(18(22)26-4)13(2)20-14(3)16(17)19(23)27-5/h12,17,20H,6-11H2,1-5H3. The van der Waals surface area contributed by atoms with Gasteiger partial charge in [0.1, 0.15) is 6.10 Å². The zero-order chi connectivity index (χ0) is 22.0. The fraction of sp³-hybridized carbons (Fsp3) is 0.684. The molecule has 164 valence electrons. The van der Waals surface area contributed by atoms with E-state index in [0.717, 1.165) is 19.3 Å². The van der Waals surface area contributed by atoms with Gasteiger partial charge >= 0.3 is 11.9 Å². The molecule has 0 bridgehead atoms. The number of esters is 2. The number of ether oxygens (including phenoxy) is 3. The Labute approximate surface area is 170 Å². The molecule has 1 rings (SSSR count). The molecule has 10 heteroatoms. The molecule has 0 radical (unpaired) electrons. The summed E-state index contributed by atoms with van der Waals surface area (Å²) in [6.45, 7) is 5.40. The average Bonchev–Trinajstić information content (AvgIpc) is 2.65. The Balaban J connectivity index is 2.73. The number of hydrogen-bond donors (Lipinski definition) is 1. The highest BCUT2D eigenvalue weighted by molar-refractivity contribution is 5.98. The number of rotatable bonds is 12. The van der Waals surface area contributed by atoms with E-state index in [-0.39, 0.29) is 23.9 Å². The van der Waals surface area contributed by atoms with Crippen LogP contribution in [0.25, 0.3) is 0 Å². The van der Waals surface area contributed by atoms with Gasteiger partial charge in [0, 0.05) is 11.4 Å². The summed E-state index contributed by atoms with van der Waals surface area (Å²) in [6, 6.07) is 0. The summed E-state index contributed by atoms with van der Waals surface area (Å²) in [7, 11) is 2.55. The predicted octanol–water partition coefficient (Wildman–Crippen LogP) is 2.42. The van der Waals surface area contributed by atoms with Crippen LogP contribution in [-0.4, -0.2) is 50.1 Å². The molecular formula is C19H30N2O8. The van der Waals surface area contributed by atoms with E-state index in [1.165, 1.54) is 14.2 Å². The summed E-state index contributed by atoms with van der Waals surface area (Å²) in [5.74, 6) is -1.15. The normalized spacial score (nSPS) is 15.6. The molecule has 0 aliphatic carbocycles. The summed E-state index contributed by atoms with van der Waals surface area (Å²) in [5, 5.41) is 12.3. The lowest BCUT2D eigenvalue weighted by Crippen LogP contribution is -2.39. The van der Waals surface area contributed by atoms with Gasteiger partial charge in [-0.05, 0) is 33.6 Å². The van der Waals surface area contributed by atoms with Crippen LogP contribution in [0.4, 0.5) is 0 Å². The van der Waals surface area contributed by atoms with E-state index < -0.39 is 23.1 Å². The topological polar surface area (TPSA) is 126 Å². The molecule has 1 unspecified atom stereocenters. The lowest BCUT2D eigenvalue weighted by Gasteiger charge is -2.31. The summed E-state index contributed by atoms with van der Waals surface area (Å²) in [6.07, 6.45) is 2.66. The SMILES string of the molecule is COC(=O)C1=C(C)NC(C)=C(C(=O)OC)C1OC(C)CCCCCCO[N+](=O)[O-]. The van der Waals surface area contributed by atoms with Crippen LogP contribution in [0.2, 0.25) is 0 Å². The van der Waals surface area contributed by atoms with E-state index in [2.05, 4.69) is 10.2 Å². The molecule has 0 amide bonds. The first kappa shape index (κ1) is 24.4. The van der Waals surface area contributed by atoms with E-state index in [0.29, 0.717) is 24.2 Å². The van der Waals surface area contributed by atoms with Crippen LogP contribution in [0.1, 0.15) is 52.9 Å². The van der Waals surface area contributed by atoms with Gasteiger partial charge in [0.2, 0.25) is 0 Å². The van der Waals surface area contributed by atoms with Crippen molar-refractivity contribution in [2.45, 2.75) is 65.1 Å². The number of allylic oxidation sites excluding steroid dienone is 2. The fourth-order valence-corrected chi connectivity index (χ4v) is 3.16. The Morgan fingerprint density at radius 3 is 2.03 bits per heavy atom. The van der Waals surface area contributed by atoms with Gasteiger partial charge in [0.15, 0.2) is 0 Å². The van der Waals surface area contributed by atoms with Crippen molar-refractivity contribution in [3.8, 4) is 0 Å². The highest BCUT2D eigenvalue weighted by Crippen LogP contribution is 2.29. The van der Waals surface area contributed by atoms with Crippen LogP contribution in [0, 0.1) is 10.1 Å². The summed E-state index contributed by atoms with van der Waals surface area (Å²) in [4.78, 5) is 39.0. The largest absolute Gasteiger partial charge is 0.466 e. The monoisotopic (exact) mass is 414 g/mol. The van der Waals surface area contributed by atoms with Gasteiger partial charge < -0.3 is 24.4 Å². The molecule has 1 atom stereocenters. The smallest absolute Gasteiger partial charge is 0.338 e. The quantitative estimate of drug-likeness (QED) is 0.222. The second-order valence-corrected chi connectivity index (χ2v) is 6.77. The predicted molar refractivity (Wildman–Crippen MR) is 103 cm³/mol. The minimum Gasteiger partial charge on any atom is -0.466 e. The van der Waals surface area contributed by atoms with E-state index in [1.54, 1.807) is 13.8 Å². The number of carbonyl (C=O) groups excluding carboxylic acids is 2. The van der Waals surface area contributed by atoms with Crippen molar-refractivity contribution in [2.24, 2.45) is 0 Å². The highest BCUT2D eigenvalue weighted by Gasteiger charge is 2.38. The molecular weight excluding hydrogens is 384 g/mol. The molecule has 1 aliphatic rings. The molecule has 0 aromatic carbocycles. The molecule has 0 saturated heterocycles. The van der Waals surface area contributed by atoms with Crippen molar-refractivity contribution in [1.29, 1.82) is 0 Å². The fourth-order valence-electron chi connectivity index (χ4n) is 3.16. The molecule has 1 aliphatic heterocycles. The minimum atomic E-state index is -0.889. The van der Waals surface area contributed by atoms with Crippen molar-refractivity contribution in [3.63, 3.8) is 0 Å². The van der Waals surface area contributed by atoms with E-state index in [4.69, 9.17) is 14.2 Å². The van der Waals surface area contributed by atoms with Crippen LogP contribution in [-0.2, 0) is 28.6 Å². The van der Waals surface area contributed by atoms with Gasteiger partial charge in [0.05, 0.1) is 38.1 Å². The van der Waals surface area contributed by atoms with Gasteiger partial charge in [0.25, 0.3) is 5.09 Å². The number of nitrogens with zero attached hydrogens (tertiary/aromatic N) is 1. The van der Waals surface area contributed by atoms with E-state index in [9.17, 15) is 19.7 Å². The van der Waals surface area contributed by atoms with Crippen LogP contribution >= 0.6 is 0 Å². The molecule has 0 fully saturated rings. The molecule has 1 heterocycles. The van der Waals surface area contributed by atoms with Gasteiger partial charge in [-0.1, -0.05) is 19.3 Å². The number of nitrogens with one attached hydrogen (secondary N) is 1. The Morgan fingerprint density at radius 1 is 1.03 bits per heavy atom. The van der Waals surface area contributed by atoms with Crippen molar-refractivity contribution < 1.29 is 33.7 Å². The van der Waals surface area contributed by atoms with Crippen molar-refractivity contribution in [2.75, 3.05) is 20.8 Å². The van der Waals surface area contributed by atoms with Crippen LogP contribution in [0.3, 0.4) is 0 Å². The third kappa shape index (κ3) is 7.37. The first-order valence-electron chi connectivity index (χ1n) is 9.50. The van der Waals surface area contributed by atoms with E-state index >= 15 is 0 Å². The maximum Gasteiger partial charge on any atom is 0.338 e. The minimum absolute atomic E-state index is 0.0905. The van der Waals surface area contributed by atoms with Gasteiger partial charge in [-0.15, -0.1) is 10.1 Å². The van der Waals surface area contributed by atoms with Crippen LogP contribution < -0.4 is 5.32 Å². The molecule has 0 aromatic rings. The van der Waals surface area contributed by atoms with Gasteiger partial charge in [-0.25, -0.2) is 9.59 Å². The van der Waals surface area contributed by atoms with Crippen molar-refractivity contribution in [3.05, 3.63) is 32.7 Å². The Hall–Kier alpha value is -2.62.